The lowest BCUT2D eigenvalue weighted by Crippen LogP contribution is -1.94. The molecule has 0 bridgehead atoms. The van der Waals surface area contributed by atoms with E-state index in [-0.39, 0.29) is 0 Å². The summed E-state index contributed by atoms with van der Waals surface area (Å²) in [6, 6.07) is 50.2. The fraction of sp³-hybridized carbons (Fsp3) is 0. The highest BCUT2D eigenvalue weighted by atomic mass is 16.3. The normalized spacial score (nSPS) is 13.9. The summed E-state index contributed by atoms with van der Waals surface area (Å²) in [6.45, 7) is 0. The minimum Gasteiger partial charge on any atom is -0.436 e. The van der Waals surface area contributed by atoms with Gasteiger partial charge in [0.15, 0.2) is 5.58 Å². The van der Waals surface area contributed by atoms with E-state index in [0.29, 0.717) is 5.89 Å². The lowest BCUT2D eigenvalue weighted by molar-refractivity contribution is 0.585. The van der Waals surface area contributed by atoms with Gasteiger partial charge in [0.25, 0.3) is 0 Å². The number of allylic oxidation sites excluding steroid dienone is 2. The number of fused-ring (bicyclic) bond motifs is 9. The molecule has 0 fully saturated rings. The van der Waals surface area contributed by atoms with Crippen LogP contribution < -0.4 is 0 Å². The molecule has 2 aliphatic rings. The zero-order chi connectivity index (χ0) is 28.1. The maximum absolute atomic E-state index is 6.55. The number of hydrogen-bond acceptors (Lipinski definition) is 2. The predicted octanol–water partition coefficient (Wildman–Crippen LogP) is 10.5. The summed E-state index contributed by atoms with van der Waals surface area (Å²) >= 11 is 0. The number of benzene rings is 7. The Kier molecular flexibility index (Phi) is 4.48. The van der Waals surface area contributed by atoms with E-state index in [1.165, 1.54) is 76.9 Å². The first kappa shape index (κ1) is 22.9. The summed E-state index contributed by atoms with van der Waals surface area (Å²) in [7, 11) is 0. The van der Waals surface area contributed by atoms with Gasteiger partial charge in [0.05, 0.1) is 5.57 Å². The maximum Gasteiger partial charge on any atom is 0.228 e. The monoisotopic (exact) mass is 545 g/mol. The van der Waals surface area contributed by atoms with Crippen molar-refractivity contribution in [1.82, 2.24) is 4.98 Å². The van der Waals surface area contributed by atoms with Crippen molar-refractivity contribution in [2.75, 3.05) is 0 Å². The van der Waals surface area contributed by atoms with Crippen LogP contribution in [-0.2, 0) is 0 Å². The summed E-state index contributed by atoms with van der Waals surface area (Å²) < 4.78 is 6.55. The van der Waals surface area contributed by atoms with Crippen molar-refractivity contribution in [2.24, 2.45) is 0 Å². The number of oxazole rings is 1. The summed E-state index contributed by atoms with van der Waals surface area (Å²) in [5.74, 6) is 0.668. The van der Waals surface area contributed by atoms with Crippen LogP contribution in [0.1, 0.15) is 33.7 Å². The number of rotatable bonds is 2. The standard InChI is InChI=1S/C41H23NO/c1-2-12-26-21-32-31(20-25(26)11-1)37(30-17-9-15-24-10-5-6-16-29(24)30)38-33-22-27-13-3-4-14-28(27)23-34(33)40(39(32)38)41-42-35-18-7-8-19-36(35)43-41/h1-23H. The molecular formula is C41H23NO. The maximum atomic E-state index is 6.55. The number of aromatic nitrogens is 1. The summed E-state index contributed by atoms with van der Waals surface area (Å²) in [4.78, 5) is 5.07. The predicted molar refractivity (Wildman–Crippen MR) is 178 cm³/mol. The molecule has 1 heterocycles. The van der Waals surface area contributed by atoms with Crippen LogP contribution in [0.5, 0.6) is 0 Å². The molecule has 2 heteroatoms. The minimum absolute atomic E-state index is 0.668. The highest BCUT2D eigenvalue weighted by Crippen LogP contribution is 2.60. The molecule has 0 radical (unpaired) electrons. The van der Waals surface area contributed by atoms with Crippen molar-refractivity contribution < 1.29 is 4.42 Å². The fourth-order valence-electron chi connectivity index (χ4n) is 7.29. The van der Waals surface area contributed by atoms with Gasteiger partial charge >= 0.3 is 0 Å². The van der Waals surface area contributed by atoms with E-state index < -0.39 is 0 Å². The number of hydrogen-bond donors (Lipinski definition) is 0. The van der Waals surface area contributed by atoms with Crippen molar-refractivity contribution >= 4 is 65.7 Å². The van der Waals surface area contributed by atoms with E-state index in [2.05, 4.69) is 115 Å². The van der Waals surface area contributed by atoms with E-state index in [1.807, 2.05) is 24.3 Å². The smallest absolute Gasteiger partial charge is 0.228 e. The molecule has 2 nitrogen and oxygen atoms in total. The summed E-state index contributed by atoms with van der Waals surface area (Å²) in [6.07, 6.45) is 0. The molecule has 0 N–H and O–H groups in total. The van der Waals surface area contributed by atoms with Gasteiger partial charge in [-0.05, 0) is 108 Å². The van der Waals surface area contributed by atoms with Crippen molar-refractivity contribution in [2.45, 2.75) is 0 Å². The second-order valence-corrected chi connectivity index (χ2v) is 11.5. The molecule has 198 valence electrons. The molecule has 0 saturated heterocycles. The zero-order valence-electron chi connectivity index (χ0n) is 23.1. The molecule has 1 aromatic heterocycles. The molecule has 0 saturated carbocycles. The minimum atomic E-state index is 0.668. The Morgan fingerprint density at radius 1 is 0.372 bits per heavy atom. The Bertz CT molecular complexity index is 2520. The van der Waals surface area contributed by atoms with E-state index in [0.717, 1.165) is 16.7 Å². The lowest BCUT2D eigenvalue weighted by Gasteiger charge is -2.14. The average Bonchev–Trinajstić information content (AvgIpc) is 3.72. The van der Waals surface area contributed by atoms with E-state index >= 15 is 0 Å². The van der Waals surface area contributed by atoms with E-state index in [9.17, 15) is 0 Å². The number of nitrogens with zero attached hydrogens (tertiary/aromatic N) is 1. The Hall–Kier alpha value is -5.73. The quantitative estimate of drug-likeness (QED) is 0.216. The second-order valence-electron chi connectivity index (χ2n) is 11.5. The van der Waals surface area contributed by atoms with Crippen molar-refractivity contribution in [1.29, 1.82) is 0 Å². The first-order valence-corrected chi connectivity index (χ1v) is 14.7. The molecular weight excluding hydrogens is 522 g/mol. The van der Waals surface area contributed by atoms with Gasteiger partial charge in [0.2, 0.25) is 5.89 Å². The molecule has 0 amide bonds. The van der Waals surface area contributed by atoms with Crippen LogP contribution in [0.25, 0.3) is 65.7 Å². The van der Waals surface area contributed by atoms with Crippen molar-refractivity contribution in [3.05, 3.63) is 173 Å². The van der Waals surface area contributed by atoms with Gasteiger partial charge in [-0.15, -0.1) is 0 Å². The van der Waals surface area contributed by atoms with Gasteiger partial charge < -0.3 is 4.42 Å². The molecule has 10 rings (SSSR count). The first-order chi connectivity index (χ1) is 21.3. The van der Waals surface area contributed by atoms with Crippen molar-refractivity contribution in [3.63, 3.8) is 0 Å². The zero-order valence-corrected chi connectivity index (χ0v) is 23.1. The summed E-state index contributed by atoms with van der Waals surface area (Å²) in [5, 5.41) is 7.40. The van der Waals surface area contributed by atoms with Crippen LogP contribution in [0.4, 0.5) is 0 Å². The largest absolute Gasteiger partial charge is 0.436 e. The third-order valence-corrected chi connectivity index (χ3v) is 9.17. The van der Waals surface area contributed by atoms with Crippen LogP contribution in [0.2, 0.25) is 0 Å². The highest BCUT2D eigenvalue weighted by molar-refractivity contribution is 6.37. The van der Waals surface area contributed by atoms with Gasteiger partial charge in [-0.3, -0.25) is 0 Å². The van der Waals surface area contributed by atoms with Crippen LogP contribution >= 0.6 is 0 Å². The SMILES string of the molecule is c1ccc2cc3c(cc2c1)C1=C(c2cccc4ccccc24)c2cc4ccccc4cc2C1=C3c1nc2ccccc2o1. The van der Waals surface area contributed by atoms with Crippen LogP contribution in [-0.4, -0.2) is 4.98 Å². The molecule has 0 spiro atoms. The third-order valence-electron chi connectivity index (χ3n) is 9.17. The van der Waals surface area contributed by atoms with E-state index in [1.54, 1.807) is 0 Å². The average molecular weight is 546 g/mol. The van der Waals surface area contributed by atoms with Crippen LogP contribution in [0.15, 0.2) is 144 Å². The van der Waals surface area contributed by atoms with Gasteiger partial charge in [0, 0.05) is 5.57 Å². The molecule has 0 unspecified atom stereocenters. The fourth-order valence-corrected chi connectivity index (χ4v) is 7.29. The van der Waals surface area contributed by atoms with Gasteiger partial charge in [-0.2, -0.15) is 0 Å². The topological polar surface area (TPSA) is 26.0 Å². The Morgan fingerprint density at radius 2 is 0.860 bits per heavy atom. The highest BCUT2D eigenvalue weighted by Gasteiger charge is 2.40. The van der Waals surface area contributed by atoms with E-state index in [4.69, 9.17) is 9.40 Å². The Morgan fingerprint density at radius 3 is 1.51 bits per heavy atom. The second kappa shape index (κ2) is 8.40. The van der Waals surface area contributed by atoms with Gasteiger partial charge in [0.1, 0.15) is 5.52 Å². The first-order valence-electron chi connectivity index (χ1n) is 14.7. The lowest BCUT2D eigenvalue weighted by atomic mass is 9.89. The number of para-hydroxylation sites is 2. The van der Waals surface area contributed by atoms with Crippen LogP contribution in [0, 0.1) is 0 Å². The third kappa shape index (κ3) is 3.15. The molecule has 2 aliphatic carbocycles. The van der Waals surface area contributed by atoms with Gasteiger partial charge in [-0.25, -0.2) is 4.98 Å². The summed E-state index contributed by atoms with van der Waals surface area (Å²) in [5.41, 5.74) is 12.6. The van der Waals surface area contributed by atoms with Crippen molar-refractivity contribution in [3.8, 4) is 0 Å². The Balaban J connectivity index is 1.42. The van der Waals surface area contributed by atoms with Gasteiger partial charge in [-0.1, -0.05) is 103 Å². The molecule has 43 heavy (non-hydrogen) atoms. The molecule has 8 aromatic rings. The molecule has 0 atom stereocenters. The van der Waals surface area contributed by atoms with Crippen LogP contribution in [0.3, 0.4) is 0 Å². The Labute approximate surface area is 247 Å². The molecule has 7 aromatic carbocycles. The molecule has 0 aliphatic heterocycles.